The minimum absolute atomic E-state index is 0.0451. The molecule has 0 aromatic rings. The van der Waals surface area contributed by atoms with Crippen molar-refractivity contribution in [2.75, 3.05) is 6.54 Å². The van der Waals surface area contributed by atoms with Gasteiger partial charge >= 0.3 is 0 Å². The summed E-state index contributed by atoms with van der Waals surface area (Å²) in [6.07, 6.45) is 1.80. The molecule has 0 radical (unpaired) electrons. The molecule has 2 heterocycles. The Morgan fingerprint density at radius 3 is 2.22 bits per heavy atom. The number of nitrogens with one attached hydrogen (secondary N) is 1. The first-order valence-electron chi connectivity index (χ1n) is 3.17. The van der Waals surface area contributed by atoms with E-state index in [0.29, 0.717) is 12.5 Å². The zero-order valence-corrected chi connectivity index (χ0v) is 5.82. The van der Waals surface area contributed by atoms with Gasteiger partial charge in [-0.25, -0.2) is 13.1 Å². The summed E-state index contributed by atoms with van der Waals surface area (Å²) in [6, 6.07) is 0. The van der Waals surface area contributed by atoms with E-state index < -0.39 is 10.0 Å². The Labute approximate surface area is 54.5 Å². The Bertz CT molecular complexity index is 212. The van der Waals surface area contributed by atoms with E-state index >= 15 is 0 Å². The molecule has 52 valence electrons. The van der Waals surface area contributed by atoms with Crippen LogP contribution in [0.1, 0.15) is 12.8 Å². The molecule has 3 fully saturated rings. The van der Waals surface area contributed by atoms with Gasteiger partial charge < -0.3 is 0 Å². The Kier molecular flexibility index (Phi) is 0.941. The first-order valence-corrected chi connectivity index (χ1v) is 4.71. The molecule has 2 aliphatic heterocycles. The molecule has 2 bridgehead atoms. The monoisotopic (exact) mass is 147 g/mol. The smallest absolute Gasteiger partial charge is 0.214 e. The van der Waals surface area contributed by atoms with E-state index in [9.17, 15) is 8.42 Å². The van der Waals surface area contributed by atoms with Crippen LogP contribution in [0.15, 0.2) is 0 Å². The molecule has 3 nitrogen and oxygen atoms in total. The Hall–Kier alpha value is -0.0900. The quantitative estimate of drug-likeness (QED) is 0.511. The van der Waals surface area contributed by atoms with Gasteiger partial charge in [0.05, 0.1) is 5.25 Å². The molecule has 1 saturated carbocycles. The molecular weight excluding hydrogens is 138 g/mol. The fourth-order valence-corrected chi connectivity index (χ4v) is 3.20. The molecule has 0 atom stereocenters. The first-order chi connectivity index (χ1) is 4.18. The summed E-state index contributed by atoms with van der Waals surface area (Å²) in [5.41, 5.74) is 0. The third-order valence-electron chi connectivity index (χ3n) is 2.20. The number of hydrogen-bond donors (Lipinski definition) is 1. The van der Waals surface area contributed by atoms with Crippen LogP contribution in [0.4, 0.5) is 0 Å². The third kappa shape index (κ3) is 0.697. The lowest BCUT2D eigenvalue weighted by molar-refractivity contribution is 0.288. The minimum Gasteiger partial charge on any atom is -0.215 e. The molecule has 4 heteroatoms. The van der Waals surface area contributed by atoms with E-state index in [1.807, 2.05) is 0 Å². The fourth-order valence-electron chi connectivity index (χ4n) is 1.45. The molecule has 2 saturated heterocycles. The van der Waals surface area contributed by atoms with Crippen molar-refractivity contribution in [1.82, 2.24) is 4.72 Å². The Balaban J connectivity index is 2.29. The van der Waals surface area contributed by atoms with Crippen LogP contribution in [0.2, 0.25) is 0 Å². The van der Waals surface area contributed by atoms with E-state index in [1.54, 1.807) is 0 Å². The van der Waals surface area contributed by atoms with E-state index in [0.717, 1.165) is 12.8 Å². The highest BCUT2D eigenvalue weighted by Gasteiger charge is 2.43. The molecule has 9 heavy (non-hydrogen) atoms. The van der Waals surface area contributed by atoms with Gasteiger partial charge in [0, 0.05) is 6.54 Å². The average molecular weight is 147 g/mol. The van der Waals surface area contributed by atoms with Gasteiger partial charge in [-0.2, -0.15) is 0 Å². The molecule has 0 spiro atoms. The van der Waals surface area contributed by atoms with Crippen LogP contribution in [-0.2, 0) is 10.0 Å². The van der Waals surface area contributed by atoms with Crippen molar-refractivity contribution in [2.24, 2.45) is 5.92 Å². The normalized spacial score (nSPS) is 45.8. The molecule has 3 aliphatic rings. The van der Waals surface area contributed by atoms with Gasteiger partial charge in [-0.15, -0.1) is 0 Å². The summed E-state index contributed by atoms with van der Waals surface area (Å²) in [5.74, 6) is 0.651. The summed E-state index contributed by atoms with van der Waals surface area (Å²) in [6.45, 7) is 0.679. The second kappa shape index (κ2) is 1.49. The number of fused-ring (bicyclic) bond motifs is 2. The van der Waals surface area contributed by atoms with E-state index in [-0.39, 0.29) is 5.25 Å². The van der Waals surface area contributed by atoms with Crippen LogP contribution in [0.25, 0.3) is 0 Å². The maximum Gasteiger partial charge on any atom is 0.214 e. The zero-order valence-electron chi connectivity index (χ0n) is 5.00. The highest BCUT2D eigenvalue weighted by atomic mass is 32.2. The SMILES string of the molecule is O=S1(=O)NCC2CC1C2. The second-order valence-electron chi connectivity index (χ2n) is 2.85. The van der Waals surface area contributed by atoms with E-state index in [2.05, 4.69) is 4.72 Å². The summed E-state index contributed by atoms with van der Waals surface area (Å²) >= 11 is 0. The third-order valence-corrected chi connectivity index (χ3v) is 4.04. The van der Waals surface area contributed by atoms with Crippen molar-refractivity contribution in [3.8, 4) is 0 Å². The van der Waals surface area contributed by atoms with Crippen molar-refractivity contribution in [3.63, 3.8) is 0 Å². The van der Waals surface area contributed by atoms with Gasteiger partial charge in [0.2, 0.25) is 10.0 Å². The summed E-state index contributed by atoms with van der Waals surface area (Å²) in [7, 11) is -2.85. The molecule has 0 aromatic carbocycles. The average Bonchev–Trinajstić information content (AvgIpc) is 1.58. The van der Waals surface area contributed by atoms with Crippen LogP contribution in [0.3, 0.4) is 0 Å². The van der Waals surface area contributed by atoms with Crippen molar-refractivity contribution >= 4 is 10.0 Å². The van der Waals surface area contributed by atoms with E-state index in [1.165, 1.54) is 0 Å². The van der Waals surface area contributed by atoms with Gasteiger partial charge in [-0.1, -0.05) is 0 Å². The largest absolute Gasteiger partial charge is 0.215 e. The standard InChI is InChI=1S/C5H9NO2S/c7-9(8)5-1-4(2-5)3-6-9/h4-6H,1-3H2. The highest BCUT2D eigenvalue weighted by molar-refractivity contribution is 7.90. The molecule has 1 N–H and O–H groups in total. The highest BCUT2D eigenvalue weighted by Crippen LogP contribution is 2.35. The van der Waals surface area contributed by atoms with Crippen LogP contribution < -0.4 is 4.72 Å². The van der Waals surface area contributed by atoms with Gasteiger partial charge in [-0.3, -0.25) is 0 Å². The predicted octanol–water partition coefficient (Wildman–Crippen LogP) is -0.302. The zero-order chi connectivity index (χ0) is 6.48. The molecule has 0 amide bonds. The minimum atomic E-state index is -2.85. The lowest BCUT2D eigenvalue weighted by Gasteiger charge is -2.40. The van der Waals surface area contributed by atoms with Crippen LogP contribution in [0.5, 0.6) is 0 Å². The van der Waals surface area contributed by atoms with Crippen LogP contribution >= 0.6 is 0 Å². The fraction of sp³-hybridized carbons (Fsp3) is 1.00. The van der Waals surface area contributed by atoms with Crippen LogP contribution in [0, 0.1) is 5.92 Å². The number of hydrogen-bond acceptors (Lipinski definition) is 2. The van der Waals surface area contributed by atoms with Crippen molar-refractivity contribution in [2.45, 2.75) is 18.1 Å². The first kappa shape index (κ1) is 5.68. The second-order valence-corrected chi connectivity index (χ2v) is 4.90. The summed E-state index contributed by atoms with van der Waals surface area (Å²) in [5, 5.41) is -0.0451. The van der Waals surface area contributed by atoms with Gasteiger partial charge in [0.25, 0.3) is 0 Å². The van der Waals surface area contributed by atoms with E-state index in [4.69, 9.17) is 0 Å². The van der Waals surface area contributed by atoms with Crippen molar-refractivity contribution in [3.05, 3.63) is 0 Å². The molecule has 0 aromatic heterocycles. The summed E-state index contributed by atoms with van der Waals surface area (Å²) in [4.78, 5) is 0. The lowest BCUT2D eigenvalue weighted by atomic mass is 9.85. The molecule has 1 aliphatic carbocycles. The molecule has 3 rings (SSSR count). The Morgan fingerprint density at radius 1 is 1.33 bits per heavy atom. The van der Waals surface area contributed by atoms with Gasteiger partial charge in [0.1, 0.15) is 0 Å². The maximum atomic E-state index is 10.9. The molecular formula is C5H9NO2S. The Morgan fingerprint density at radius 2 is 2.00 bits per heavy atom. The van der Waals surface area contributed by atoms with Gasteiger partial charge in [-0.05, 0) is 18.8 Å². The van der Waals surface area contributed by atoms with Crippen molar-refractivity contribution in [1.29, 1.82) is 0 Å². The van der Waals surface area contributed by atoms with Crippen molar-refractivity contribution < 1.29 is 8.42 Å². The maximum absolute atomic E-state index is 10.9. The van der Waals surface area contributed by atoms with Gasteiger partial charge in [0.15, 0.2) is 0 Å². The number of rotatable bonds is 0. The van der Waals surface area contributed by atoms with Crippen LogP contribution in [-0.4, -0.2) is 20.2 Å². The lowest BCUT2D eigenvalue weighted by Crippen LogP contribution is -2.53. The molecule has 0 unspecified atom stereocenters. The topological polar surface area (TPSA) is 46.2 Å². The number of sulfonamides is 1. The summed E-state index contributed by atoms with van der Waals surface area (Å²) < 4.78 is 24.3. The predicted molar refractivity (Wildman–Crippen MR) is 33.4 cm³/mol.